The monoisotopic (exact) mass is 337 g/mol. The van der Waals surface area contributed by atoms with Crippen LogP contribution in [-0.4, -0.2) is 28.6 Å². The molecular formula is C18H15N3O4. The summed E-state index contributed by atoms with van der Waals surface area (Å²) in [7, 11) is 0. The molecule has 0 atom stereocenters. The number of fused-ring (bicyclic) bond motifs is 1. The van der Waals surface area contributed by atoms with Crippen molar-refractivity contribution in [3.05, 3.63) is 64.7 Å². The molecule has 0 saturated carbocycles. The van der Waals surface area contributed by atoms with Crippen LogP contribution < -0.4 is 10.7 Å². The average Bonchev–Trinajstić information content (AvgIpc) is 2.82. The second-order valence-electron chi connectivity index (χ2n) is 5.59. The first-order valence-electron chi connectivity index (χ1n) is 7.56. The van der Waals surface area contributed by atoms with Crippen LogP contribution in [0.15, 0.2) is 42.5 Å². The van der Waals surface area contributed by atoms with E-state index in [2.05, 4.69) is 10.7 Å². The number of anilines is 1. The van der Waals surface area contributed by atoms with E-state index < -0.39 is 17.7 Å². The van der Waals surface area contributed by atoms with Gasteiger partial charge in [0, 0.05) is 18.2 Å². The van der Waals surface area contributed by atoms with E-state index in [1.165, 1.54) is 19.1 Å². The minimum Gasteiger partial charge on any atom is -0.326 e. The van der Waals surface area contributed by atoms with Crippen LogP contribution in [0, 0.1) is 6.92 Å². The fourth-order valence-electron chi connectivity index (χ4n) is 2.66. The Kier molecular flexibility index (Phi) is 4.06. The van der Waals surface area contributed by atoms with Crippen LogP contribution in [0.3, 0.4) is 0 Å². The summed E-state index contributed by atoms with van der Waals surface area (Å²) in [5.74, 6) is -2.03. The highest BCUT2D eigenvalue weighted by molar-refractivity contribution is 6.22. The molecule has 1 aliphatic rings. The van der Waals surface area contributed by atoms with Crippen molar-refractivity contribution in [1.29, 1.82) is 0 Å². The van der Waals surface area contributed by atoms with Gasteiger partial charge in [0.05, 0.1) is 11.1 Å². The molecule has 0 bridgehead atoms. The van der Waals surface area contributed by atoms with Gasteiger partial charge in [0.25, 0.3) is 17.7 Å². The fraction of sp³-hybridized carbons (Fsp3) is 0.111. The molecule has 1 heterocycles. The number of imide groups is 1. The Morgan fingerprint density at radius 1 is 0.920 bits per heavy atom. The van der Waals surface area contributed by atoms with Gasteiger partial charge in [0.2, 0.25) is 5.91 Å². The van der Waals surface area contributed by atoms with Crippen LogP contribution in [0.4, 0.5) is 5.69 Å². The Hall–Kier alpha value is -3.48. The third-order valence-electron chi connectivity index (χ3n) is 3.90. The van der Waals surface area contributed by atoms with Crippen molar-refractivity contribution in [3.63, 3.8) is 0 Å². The van der Waals surface area contributed by atoms with E-state index in [1.807, 2.05) is 0 Å². The molecule has 1 aliphatic heterocycles. The Bertz CT molecular complexity index is 885. The molecule has 3 rings (SSSR count). The summed E-state index contributed by atoms with van der Waals surface area (Å²) in [6.45, 7) is 3.04. The molecule has 0 aromatic heterocycles. The van der Waals surface area contributed by atoms with E-state index in [1.54, 1.807) is 37.3 Å². The molecule has 2 aromatic rings. The van der Waals surface area contributed by atoms with Gasteiger partial charge in [0.15, 0.2) is 0 Å². The Morgan fingerprint density at radius 3 is 2.08 bits per heavy atom. The first-order valence-corrected chi connectivity index (χ1v) is 7.56. The summed E-state index contributed by atoms with van der Waals surface area (Å²) < 4.78 is 0. The number of nitrogens with zero attached hydrogens (tertiary/aromatic N) is 1. The zero-order valence-corrected chi connectivity index (χ0v) is 13.6. The maximum Gasteiger partial charge on any atom is 0.280 e. The third-order valence-corrected chi connectivity index (χ3v) is 3.90. The molecule has 126 valence electrons. The number of benzene rings is 2. The standard InChI is InChI=1S/C18H15N3O4/c1-10-12(8-5-9-15(10)19-11(2)22)16(23)20-21-17(24)13-6-3-4-7-14(13)18(21)25/h3-9H,1-2H3,(H,19,22)(H,20,23). The van der Waals surface area contributed by atoms with Crippen molar-refractivity contribution in [3.8, 4) is 0 Å². The number of carbonyl (C=O) groups is 4. The summed E-state index contributed by atoms with van der Waals surface area (Å²) in [6.07, 6.45) is 0. The van der Waals surface area contributed by atoms with E-state index in [9.17, 15) is 19.2 Å². The predicted molar refractivity (Wildman–Crippen MR) is 89.9 cm³/mol. The lowest BCUT2D eigenvalue weighted by molar-refractivity contribution is -0.114. The SMILES string of the molecule is CC(=O)Nc1cccc(C(=O)NN2C(=O)c3ccccc3C2=O)c1C. The van der Waals surface area contributed by atoms with Crippen LogP contribution in [0.2, 0.25) is 0 Å². The van der Waals surface area contributed by atoms with Gasteiger partial charge in [-0.3, -0.25) is 24.6 Å². The smallest absolute Gasteiger partial charge is 0.280 e. The maximum absolute atomic E-state index is 12.5. The zero-order chi connectivity index (χ0) is 18.1. The highest BCUT2D eigenvalue weighted by Crippen LogP contribution is 2.22. The highest BCUT2D eigenvalue weighted by Gasteiger charge is 2.36. The van der Waals surface area contributed by atoms with E-state index >= 15 is 0 Å². The molecule has 25 heavy (non-hydrogen) atoms. The van der Waals surface area contributed by atoms with Gasteiger partial charge in [-0.15, -0.1) is 0 Å². The summed E-state index contributed by atoms with van der Waals surface area (Å²) in [5.41, 5.74) is 4.11. The topological polar surface area (TPSA) is 95.6 Å². The molecule has 0 unspecified atom stereocenters. The molecule has 4 amide bonds. The average molecular weight is 337 g/mol. The van der Waals surface area contributed by atoms with E-state index in [0.717, 1.165) is 0 Å². The number of rotatable bonds is 3. The lowest BCUT2D eigenvalue weighted by atomic mass is 10.1. The molecule has 7 heteroatoms. The maximum atomic E-state index is 12.5. The molecule has 2 aromatic carbocycles. The van der Waals surface area contributed by atoms with E-state index in [4.69, 9.17) is 0 Å². The minimum absolute atomic E-state index is 0.247. The molecule has 0 spiro atoms. The summed E-state index contributed by atoms with van der Waals surface area (Å²) in [4.78, 5) is 48.4. The minimum atomic E-state index is -0.612. The van der Waals surface area contributed by atoms with E-state index in [0.29, 0.717) is 16.3 Å². The second kappa shape index (κ2) is 6.20. The van der Waals surface area contributed by atoms with Crippen molar-refractivity contribution in [2.24, 2.45) is 0 Å². The fourth-order valence-corrected chi connectivity index (χ4v) is 2.66. The molecule has 0 radical (unpaired) electrons. The van der Waals surface area contributed by atoms with Crippen molar-refractivity contribution >= 4 is 29.3 Å². The van der Waals surface area contributed by atoms with Gasteiger partial charge in [-0.25, -0.2) is 0 Å². The number of amides is 4. The molecule has 0 fully saturated rings. The zero-order valence-electron chi connectivity index (χ0n) is 13.6. The van der Waals surface area contributed by atoms with Gasteiger partial charge < -0.3 is 5.32 Å². The molecule has 2 N–H and O–H groups in total. The van der Waals surface area contributed by atoms with Crippen LogP contribution >= 0.6 is 0 Å². The predicted octanol–water partition coefficient (Wildman–Crippen LogP) is 1.89. The van der Waals surface area contributed by atoms with Gasteiger partial charge in [-0.05, 0) is 36.8 Å². The van der Waals surface area contributed by atoms with Crippen molar-refractivity contribution < 1.29 is 19.2 Å². The Morgan fingerprint density at radius 2 is 1.52 bits per heavy atom. The van der Waals surface area contributed by atoms with Gasteiger partial charge in [0.1, 0.15) is 0 Å². The lowest BCUT2D eigenvalue weighted by Crippen LogP contribution is -2.46. The van der Waals surface area contributed by atoms with Crippen LogP contribution in [0.1, 0.15) is 43.6 Å². The molecular weight excluding hydrogens is 322 g/mol. The van der Waals surface area contributed by atoms with Crippen LogP contribution in [0.5, 0.6) is 0 Å². The Balaban J connectivity index is 1.86. The number of hydrazine groups is 1. The van der Waals surface area contributed by atoms with Crippen LogP contribution in [-0.2, 0) is 4.79 Å². The van der Waals surface area contributed by atoms with Crippen molar-refractivity contribution in [2.75, 3.05) is 5.32 Å². The van der Waals surface area contributed by atoms with Crippen molar-refractivity contribution in [2.45, 2.75) is 13.8 Å². The van der Waals surface area contributed by atoms with Gasteiger partial charge >= 0.3 is 0 Å². The first-order chi connectivity index (χ1) is 11.9. The highest BCUT2D eigenvalue weighted by atomic mass is 16.2. The summed E-state index contributed by atoms with van der Waals surface area (Å²) in [5, 5.41) is 3.33. The number of hydrogen-bond donors (Lipinski definition) is 2. The molecule has 0 saturated heterocycles. The third kappa shape index (κ3) is 2.87. The number of carbonyl (C=O) groups excluding carboxylic acids is 4. The molecule has 0 aliphatic carbocycles. The van der Waals surface area contributed by atoms with Gasteiger partial charge in [-0.1, -0.05) is 18.2 Å². The lowest BCUT2D eigenvalue weighted by Gasteiger charge is -2.17. The molecule has 7 nitrogen and oxygen atoms in total. The quantitative estimate of drug-likeness (QED) is 0.836. The Labute approximate surface area is 143 Å². The van der Waals surface area contributed by atoms with Crippen molar-refractivity contribution in [1.82, 2.24) is 10.4 Å². The van der Waals surface area contributed by atoms with Gasteiger partial charge in [-0.2, -0.15) is 5.01 Å². The van der Waals surface area contributed by atoms with Crippen LogP contribution in [0.25, 0.3) is 0 Å². The second-order valence-corrected chi connectivity index (χ2v) is 5.59. The normalized spacial score (nSPS) is 12.8. The first kappa shape index (κ1) is 16.4. The largest absolute Gasteiger partial charge is 0.326 e. The number of nitrogens with one attached hydrogen (secondary N) is 2. The summed E-state index contributed by atoms with van der Waals surface area (Å²) >= 11 is 0. The summed E-state index contributed by atoms with van der Waals surface area (Å²) in [6, 6.07) is 11.2. The number of hydrogen-bond acceptors (Lipinski definition) is 4. The van der Waals surface area contributed by atoms with E-state index in [-0.39, 0.29) is 22.6 Å².